The maximum atomic E-state index is 4.72. The van der Waals surface area contributed by atoms with Crippen molar-refractivity contribution in [3.05, 3.63) is 65.7 Å². The fourth-order valence-electron chi connectivity index (χ4n) is 3.23. The lowest BCUT2D eigenvalue weighted by Crippen LogP contribution is -3.00. The number of halogens is 1. The highest BCUT2D eigenvalue weighted by Crippen LogP contribution is 2.40. The molecule has 138 valence electrons. The van der Waals surface area contributed by atoms with E-state index in [0.29, 0.717) is 0 Å². The van der Waals surface area contributed by atoms with E-state index in [4.69, 9.17) is 5.11 Å². The van der Waals surface area contributed by atoms with Gasteiger partial charge in [0.25, 0.3) is 0 Å². The van der Waals surface area contributed by atoms with Crippen LogP contribution in [0.2, 0.25) is 0 Å². The third-order valence-electron chi connectivity index (χ3n) is 4.69. The summed E-state index contributed by atoms with van der Waals surface area (Å²) in [5, 5.41) is 13.4. The quantitative estimate of drug-likeness (QED) is 0.375. The molecule has 2 heterocycles. The average molecular weight is 397 g/mol. The predicted octanol–water partition coefficient (Wildman–Crippen LogP) is 2.94. The number of benzene rings is 2. The van der Waals surface area contributed by atoms with Crippen molar-refractivity contribution in [2.24, 2.45) is 17.3 Å². The summed E-state index contributed by atoms with van der Waals surface area (Å²) in [4.78, 5) is 0. The zero-order valence-electron chi connectivity index (χ0n) is 15.6. The lowest BCUT2D eigenvalue weighted by atomic mass is 10.1. The molecule has 0 N–H and O–H groups in total. The van der Waals surface area contributed by atoms with Gasteiger partial charge < -0.3 is 17.0 Å². The second-order valence-electron chi connectivity index (χ2n) is 6.24. The van der Waals surface area contributed by atoms with Gasteiger partial charge in [0.05, 0.1) is 23.4 Å². The van der Waals surface area contributed by atoms with Gasteiger partial charge in [-0.15, -0.1) is 0 Å². The molecule has 4 aromatic rings. The molecule has 0 aliphatic rings. The van der Waals surface area contributed by atoms with Gasteiger partial charge in [-0.2, -0.15) is 0 Å². The zero-order chi connectivity index (χ0) is 18.1. The van der Waals surface area contributed by atoms with Gasteiger partial charge in [0.15, 0.2) is 0 Å². The highest BCUT2D eigenvalue weighted by molar-refractivity contribution is 7.12. The summed E-state index contributed by atoms with van der Waals surface area (Å²) in [6.07, 6.45) is 0. The van der Waals surface area contributed by atoms with Gasteiger partial charge >= 0.3 is 5.13 Å². The number of hydrogen-bond acceptors (Lipinski definition) is 3. The average Bonchev–Trinajstić information content (AvgIpc) is 3.18. The number of rotatable bonds is 4. The largest absolute Gasteiger partial charge is 1.00 e. The fourth-order valence-corrected chi connectivity index (χ4v) is 4.06. The van der Waals surface area contributed by atoms with Crippen molar-refractivity contribution in [1.82, 2.24) is 4.57 Å². The molecule has 0 saturated carbocycles. The lowest BCUT2D eigenvalue weighted by Gasteiger charge is -2.08. The van der Waals surface area contributed by atoms with Crippen molar-refractivity contribution in [3.63, 3.8) is 0 Å². The van der Waals surface area contributed by atoms with Crippen LogP contribution >= 0.6 is 11.3 Å². The molecule has 0 radical (unpaired) electrons. The Morgan fingerprint density at radius 3 is 2.37 bits per heavy atom. The van der Waals surface area contributed by atoms with Crippen LogP contribution in [0.4, 0.5) is 10.8 Å². The monoisotopic (exact) mass is 396 g/mol. The molecule has 0 aliphatic carbocycles. The van der Waals surface area contributed by atoms with Gasteiger partial charge in [0.1, 0.15) is 11.4 Å². The van der Waals surface area contributed by atoms with Crippen molar-refractivity contribution < 1.29 is 17.0 Å². The van der Waals surface area contributed by atoms with Crippen LogP contribution in [0.25, 0.3) is 22.2 Å². The number of hydrogen-bond donors (Lipinski definition) is 0. The van der Waals surface area contributed by atoms with Gasteiger partial charge in [-0.1, -0.05) is 48.5 Å². The Morgan fingerprint density at radius 2 is 1.70 bits per heavy atom. The normalized spacial score (nSPS) is 11.2. The van der Waals surface area contributed by atoms with E-state index in [-0.39, 0.29) is 12.4 Å². The minimum absolute atomic E-state index is 0. The number of para-hydroxylation sites is 1. The Balaban J connectivity index is 0.00000210. The van der Waals surface area contributed by atoms with E-state index in [1.807, 2.05) is 13.1 Å². The number of thiazole rings is 1. The van der Waals surface area contributed by atoms with Crippen molar-refractivity contribution in [2.45, 2.75) is 20.4 Å². The van der Waals surface area contributed by atoms with E-state index in [0.717, 1.165) is 34.0 Å². The maximum absolute atomic E-state index is 4.72. The van der Waals surface area contributed by atoms with Crippen molar-refractivity contribution >= 4 is 33.1 Å². The topological polar surface area (TPSA) is 33.5 Å². The molecule has 6 heteroatoms. The Kier molecular flexibility index (Phi) is 5.73. The van der Waals surface area contributed by atoms with Crippen molar-refractivity contribution in [3.8, 4) is 11.3 Å². The van der Waals surface area contributed by atoms with Crippen LogP contribution < -0.4 is 17.0 Å². The molecule has 0 saturated heterocycles. The van der Waals surface area contributed by atoms with Crippen molar-refractivity contribution in [2.75, 3.05) is 0 Å². The van der Waals surface area contributed by atoms with Crippen LogP contribution in [-0.2, 0) is 13.6 Å². The van der Waals surface area contributed by atoms with Gasteiger partial charge in [-0.3, -0.25) is 0 Å². The first kappa shape index (κ1) is 19.3. The zero-order valence-corrected chi connectivity index (χ0v) is 17.1. The number of azo groups is 1. The molecular formula is C21H21ClN4S. The Morgan fingerprint density at radius 1 is 1.00 bits per heavy atom. The molecule has 0 fully saturated rings. The number of fused-ring (bicyclic) bond motifs is 1. The molecule has 4 nitrogen and oxygen atoms in total. The van der Waals surface area contributed by atoms with E-state index >= 15 is 0 Å². The second kappa shape index (κ2) is 8.03. The van der Waals surface area contributed by atoms with Crippen LogP contribution in [0, 0.1) is 6.92 Å². The van der Waals surface area contributed by atoms with E-state index in [9.17, 15) is 0 Å². The molecule has 0 bridgehead atoms. The minimum Gasteiger partial charge on any atom is -1.00 e. The summed E-state index contributed by atoms with van der Waals surface area (Å²) in [5.41, 5.74) is 5.58. The summed E-state index contributed by atoms with van der Waals surface area (Å²) in [6.45, 7) is 5.13. The first-order valence-corrected chi connectivity index (χ1v) is 9.61. The van der Waals surface area contributed by atoms with Gasteiger partial charge in [0.2, 0.25) is 0 Å². The predicted molar refractivity (Wildman–Crippen MR) is 107 cm³/mol. The van der Waals surface area contributed by atoms with Gasteiger partial charge in [0, 0.05) is 22.9 Å². The molecule has 4 rings (SSSR count). The van der Waals surface area contributed by atoms with E-state index in [1.54, 1.807) is 11.3 Å². The number of aromatic nitrogens is 2. The summed E-state index contributed by atoms with van der Waals surface area (Å²) in [7, 11) is 2.02. The highest BCUT2D eigenvalue weighted by atomic mass is 35.5. The van der Waals surface area contributed by atoms with Crippen LogP contribution in [0.5, 0.6) is 0 Å². The fraction of sp³-hybridized carbons (Fsp3) is 0.190. The third kappa shape index (κ3) is 3.40. The summed E-state index contributed by atoms with van der Waals surface area (Å²) in [6, 6.07) is 18.9. The molecule has 2 aromatic carbocycles. The Labute approximate surface area is 169 Å². The molecule has 0 unspecified atom stereocenters. The van der Waals surface area contributed by atoms with E-state index < -0.39 is 0 Å². The first-order chi connectivity index (χ1) is 12.7. The molecular weight excluding hydrogens is 376 g/mol. The number of aryl methyl sites for hydroxylation is 2. The van der Waals surface area contributed by atoms with Crippen LogP contribution in [-0.4, -0.2) is 4.57 Å². The second-order valence-corrected chi connectivity index (χ2v) is 7.08. The van der Waals surface area contributed by atoms with E-state index in [2.05, 4.69) is 82.0 Å². The SMILES string of the molecule is CCn1c(-c2ccccc2)c(N=Nc2scc(C)[n+]2C)c2ccccc21.[Cl-]. The van der Waals surface area contributed by atoms with Crippen LogP contribution in [0.3, 0.4) is 0 Å². The summed E-state index contributed by atoms with van der Waals surface area (Å²) >= 11 is 1.61. The smallest absolute Gasteiger partial charge is 0.408 e. The summed E-state index contributed by atoms with van der Waals surface area (Å²) < 4.78 is 4.38. The standard InChI is InChI=1S/C21H21N4S.ClH/c1-4-25-18-13-9-8-12-17(18)19(20(25)16-10-6-5-7-11-16)22-23-21-24(3)15(2)14-26-21;/h5-14H,4H2,1-3H3;1H/q+1;/p-1. The Bertz CT molecular complexity index is 1100. The Hall–Kier alpha value is -2.50. The number of nitrogens with zero attached hydrogens (tertiary/aromatic N) is 4. The van der Waals surface area contributed by atoms with Gasteiger partial charge in [-0.25, -0.2) is 4.57 Å². The van der Waals surface area contributed by atoms with Crippen molar-refractivity contribution in [1.29, 1.82) is 0 Å². The van der Waals surface area contributed by atoms with Crippen LogP contribution in [0.1, 0.15) is 12.6 Å². The van der Waals surface area contributed by atoms with Crippen LogP contribution in [0.15, 0.2) is 70.2 Å². The molecule has 2 aromatic heterocycles. The third-order valence-corrected chi connectivity index (χ3v) is 5.72. The maximum Gasteiger partial charge on any atom is 0.408 e. The first-order valence-electron chi connectivity index (χ1n) is 8.73. The lowest BCUT2D eigenvalue weighted by molar-refractivity contribution is -0.660. The van der Waals surface area contributed by atoms with E-state index in [1.165, 1.54) is 11.2 Å². The summed E-state index contributed by atoms with van der Waals surface area (Å²) in [5.74, 6) is 0. The molecule has 0 aliphatic heterocycles. The minimum atomic E-state index is 0. The molecule has 27 heavy (non-hydrogen) atoms. The molecule has 0 atom stereocenters. The molecule has 0 amide bonds. The highest BCUT2D eigenvalue weighted by Gasteiger charge is 2.20. The van der Waals surface area contributed by atoms with Gasteiger partial charge in [-0.05, 0) is 36.4 Å². The molecule has 0 spiro atoms.